The molecule has 0 radical (unpaired) electrons. The Bertz CT molecular complexity index is 424. The van der Waals surface area contributed by atoms with Crippen molar-refractivity contribution < 1.29 is 4.52 Å². The van der Waals surface area contributed by atoms with E-state index in [1.807, 2.05) is 6.20 Å². The van der Waals surface area contributed by atoms with Crippen LogP contribution in [-0.2, 0) is 11.8 Å². The highest BCUT2D eigenvalue weighted by Crippen LogP contribution is 2.52. The standard InChI is InChI=1S/C14H22N2O/c1-13(2)11-5-4-6-15-9-14(11,3)7-10-8-16-17-12(10)13/h8,11,15H,4-7,9H2,1-3H3/t11-,14+/m0/s1. The lowest BCUT2D eigenvalue weighted by molar-refractivity contribution is 0.0723. The lowest BCUT2D eigenvalue weighted by Crippen LogP contribution is -2.49. The topological polar surface area (TPSA) is 38.1 Å². The van der Waals surface area contributed by atoms with Crippen LogP contribution in [0.2, 0.25) is 0 Å². The molecule has 1 saturated heterocycles. The number of rotatable bonds is 0. The van der Waals surface area contributed by atoms with Gasteiger partial charge in [-0.3, -0.25) is 0 Å². The number of hydrogen-bond acceptors (Lipinski definition) is 3. The maximum absolute atomic E-state index is 5.54. The van der Waals surface area contributed by atoms with Gasteiger partial charge in [-0.1, -0.05) is 25.9 Å². The Hall–Kier alpha value is -0.830. The van der Waals surface area contributed by atoms with Gasteiger partial charge in [0, 0.05) is 17.5 Å². The Kier molecular flexibility index (Phi) is 2.37. The largest absolute Gasteiger partial charge is 0.361 e. The van der Waals surface area contributed by atoms with E-state index < -0.39 is 0 Å². The average Bonchev–Trinajstić information content (AvgIpc) is 2.61. The molecule has 1 fully saturated rings. The van der Waals surface area contributed by atoms with Crippen molar-refractivity contribution >= 4 is 0 Å². The number of hydrogen-bond donors (Lipinski definition) is 1. The maximum Gasteiger partial charge on any atom is 0.145 e. The smallest absolute Gasteiger partial charge is 0.145 e. The van der Waals surface area contributed by atoms with Crippen molar-refractivity contribution in [2.24, 2.45) is 11.3 Å². The fourth-order valence-electron chi connectivity index (χ4n) is 4.21. The van der Waals surface area contributed by atoms with Gasteiger partial charge in [0.15, 0.2) is 0 Å². The first-order valence-electron chi connectivity index (χ1n) is 6.69. The van der Waals surface area contributed by atoms with Crippen molar-refractivity contribution in [3.05, 3.63) is 17.5 Å². The van der Waals surface area contributed by atoms with E-state index in [-0.39, 0.29) is 5.41 Å². The predicted octanol–water partition coefficient (Wildman–Crippen LogP) is 2.51. The van der Waals surface area contributed by atoms with Crippen LogP contribution in [0.15, 0.2) is 10.7 Å². The van der Waals surface area contributed by atoms with E-state index in [4.69, 9.17) is 4.52 Å². The van der Waals surface area contributed by atoms with Gasteiger partial charge < -0.3 is 9.84 Å². The molecule has 94 valence electrons. The molecule has 3 nitrogen and oxygen atoms in total. The first-order valence-corrected chi connectivity index (χ1v) is 6.69. The van der Waals surface area contributed by atoms with E-state index in [0.29, 0.717) is 11.3 Å². The van der Waals surface area contributed by atoms with Gasteiger partial charge in [0.05, 0.1) is 6.20 Å². The maximum atomic E-state index is 5.54. The third kappa shape index (κ3) is 1.55. The van der Waals surface area contributed by atoms with Gasteiger partial charge in [0.2, 0.25) is 0 Å². The van der Waals surface area contributed by atoms with Crippen molar-refractivity contribution in [2.45, 2.75) is 45.4 Å². The number of nitrogens with zero attached hydrogens (tertiary/aromatic N) is 1. The zero-order valence-electron chi connectivity index (χ0n) is 11.0. The monoisotopic (exact) mass is 234 g/mol. The second kappa shape index (κ2) is 3.58. The van der Waals surface area contributed by atoms with Crippen LogP contribution in [0.3, 0.4) is 0 Å². The van der Waals surface area contributed by atoms with Crippen LogP contribution in [0.4, 0.5) is 0 Å². The fraction of sp³-hybridized carbons (Fsp3) is 0.786. The van der Waals surface area contributed by atoms with E-state index in [9.17, 15) is 0 Å². The Balaban J connectivity index is 2.09. The van der Waals surface area contributed by atoms with Crippen LogP contribution in [0.5, 0.6) is 0 Å². The van der Waals surface area contributed by atoms with Gasteiger partial charge in [-0.25, -0.2) is 0 Å². The van der Waals surface area contributed by atoms with Gasteiger partial charge in [-0.05, 0) is 37.1 Å². The fourth-order valence-corrected chi connectivity index (χ4v) is 4.21. The molecular formula is C14H22N2O. The number of aromatic nitrogens is 1. The summed E-state index contributed by atoms with van der Waals surface area (Å²) in [4.78, 5) is 0. The highest BCUT2D eigenvalue weighted by Gasteiger charge is 2.51. The van der Waals surface area contributed by atoms with E-state index >= 15 is 0 Å². The third-order valence-corrected chi connectivity index (χ3v) is 4.91. The van der Waals surface area contributed by atoms with Crippen LogP contribution in [0, 0.1) is 11.3 Å². The molecule has 17 heavy (non-hydrogen) atoms. The summed E-state index contributed by atoms with van der Waals surface area (Å²) in [6.07, 6.45) is 5.58. The second-order valence-corrected chi connectivity index (χ2v) is 6.60. The molecule has 3 rings (SSSR count). The Morgan fingerprint density at radius 2 is 2.24 bits per heavy atom. The van der Waals surface area contributed by atoms with Crippen molar-refractivity contribution in [3.63, 3.8) is 0 Å². The second-order valence-electron chi connectivity index (χ2n) is 6.60. The zero-order chi connectivity index (χ0) is 12.1. The van der Waals surface area contributed by atoms with Crippen LogP contribution >= 0.6 is 0 Å². The molecule has 2 aliphatic rings. The summed E-state index contributed by atoms with van der Waals surface area (Å²) >= 11 is 0. The van der Waals surface area contributed by atoms with E-state index in [2.05, 4.69) is 31.2 Å². The summed E-state index contributed by atoms with van der Waals surface area (Å²) in [5, 5.41) is 7.61. The minimum atomic E-state index is 0.116. The molecule has 3 heteroatoms. The lowest BCUT2D eigenvalue weighted by atomic mass is 9.55. The van der Waals surface area contributed by atoms with Crippen LogP contribution in [0.25, 0.3) is 0 Å². The molecule has 1 aliphatic heterocycles. The molecule has 0 aromatic carbocycles. The van der Waals surface area contributed by atoms with E-state index in [1.165, 1.54) is 18.4 Å². The van der Waals surface area contributed by atoms with Gasteiger partial charge >= 0.3 is 0 Å². The summed E-state index contributed by atoms with van der Waals surface area (Å²) in [5.74, 6) is 1.81. The molecule has 0 saturated carbocycles. The Morgan fingerprint density at radius 1 is 1.41 bits per heavy atom. The quantitative estimate of drug-likeness (QED) is 0.749. The summed E-state index contributed by atoms with van der Waals surface area (Å²) in [6.45, 7) is 9.34. The molecule has 0 bridgehead atoms. The van der Waals surface area contributed by atoms with Gasteiger partial charge in [0.1, 0.15) is 5.76 Å². The van der Waals surface area contributed by atoms with Gasteiger partial charge in [-0.15, -0.1) is 0 Å². The average molecular weight is 234 g/mol. The van der Waals surface area contributed by atoms with E-state index in [0.717, 1.165) is 25.3 Å². The minimum Gasteiger partial charge on any atom is -0.361 e. The summed E-state index contributed by atoms with van der Waals surface area (Å²) in [5.41, 5.74) is 1.78. The van der Waals surface area contributed by atoms with Gasteiger partial charge in [0.25, 0.3) is 0 Å². The molecule has 2 heterocycles. The Morgan fingerprint density at radius 3 is 3.06 bits per heavy atom. The number of nitrogens with one attached hydrogen (secondary N) is 1. The van der Waals surface area contributed by atoms with E-state index in [1.54, 1.807) is 0 Å². The van der Waals surface area contributed by atoms with Crippen LogP contribution in [-0.4, -0.2) is 18.2 Å². The van der Waals surface area contributed by atoms with Crippen molar-refractivity contribution in [2.75, 3.05) is 13.1 Å². The first kappa shape index (κ1) is 11.3. The molecule has 0 amide bonds. The van der Waals surface area contributed by atoms with Crippen LogP contribution in [0.1, 0.15) is 44.9 Å². The Labute approximate surface area is 103 Å². The number of fused-ring (bicyclic) bond motifs is 2. The summed E-state index contributed by atoms with van der Waals surface area (Å²) in [6, 6.07) is 0. The van der Waals surface area contributed by atoms with Crippen LogP contribution < -0.4 is 5.32 Å². The lowest BCUT2D eigenvalue weighted by Gasteiger charge is -2.48. The molecular weight excluding hydrogens is 212 g/mol. The third-order valence-electron chi connectivity index (χ3n) is 4.91. The van der Waals surface area contributed by atoms with Gasteiger partial charge in [-0.2, -0.15) is 0 Å². The van der Waals surface area contributed by atoms with Crippen molar-refractivity contribution in [1.29, 1.82) is 0 Å². The normalized spacial score (nSPS) is 35.8. The SMILES string of the molecule is CC1(C)c2oncc2C[C@]2(C)CNCCC[C@@H]12. The first-order chi connectivity index (χ1) is 8.04. The molecule has 1 aromatic rings. The molecule has 2 atom stereocenters. The molecule has 1 aliphatic carbocycles. The predicted molar refractivity (Wildman–Crippen MR) is 66.9 cm³/mol. The highest BCUT2D eigenvalue weighted by molar-refractivity contribution is 5.30. The molecule has 1 aromatic heterocycles. The summed E-state index contributed by atoms with van der Waals surface area (Å²) in [7, 11) is 0. The molecule has 0 spiro atoms. The molecule has 1 N–H and O–H groups in total. The summed E-state index contributed by atoms with van der Waals surface area (Å²) < 4.78 is 5.54. The zero-order valence-corrected chi connectivity index (χ0v) is 11.0. The minimum absolute atomic E-state index is 0.116. The highest BCUT2D eigenvalue weighted by atomic mass is 16.5. The van der Waals surface area contributed by atoms with Crippen molar-refractivity contribution in [1.82, 2.24) is 10.5 Å². The van der Waals surface area contributed by atoms with Crippen molar-refractivity contribution in [3.8, 4) is 0 Å². The molecule has 0 unspecified atom stereocenters.